The highest BCUT2D eigenvalue weighted by atomic mass is 16.7. The van der Waals surface area contributed by atoms with Crippen molar-refractivity contribution in [3.05, 3.63) is 0 Å². The summed E-state index contributed by atoms with van der Waals surface area (Å²) >= 11 is 0. The van der Waals surface area contributed by atoms with Crippen molar-refractivity contribution in [3.8, 4) is 0 Å². The molecule has 5 aliphatic rings. The predicted molar refractivity (Wildman–Crippen MR) is 217 cm³/mol. The van der Waals surface area contributed by atoms with Gasteiger partial charge in [0, 0.05) is 24.2 Å². The maximum absolute atomic E-state index is 12.3. The number of carboxylic acids is 1. The van der Waals surface area contributed by atoms with E-state index in [1.165, 1.54) is 6.92 Å². The summed E-state index contributed by atoms with van der Waals surface area (Å²) in [6.07, 6.45) is -29.2. The van der Waals surface area contributed by atoms with Crippen LogP contribution in [-0.2, 0) is 42.7 Å². The van der Waals surface area contributed by atoms with Crippen LogP contribution in [0.3, 0.4) is 0 Å². The van der Waals surface area contributed by atoms with Crippen molar-refractivity contribution in [2.75, 3.05) is 33.0 Å². The minimum Gasteiger partial charge on any atom is -0.477 e. The Morgan fingerprint density at radius 3 is 1.38 bits per heavy atom. The van der Waals surface area contributed by atoms with Gasteiger partial charge in [0.05, 0.1) is 69.7 Å². The number of ether oxygens (including phenoxy) is 8. The average Bonchev–Trinajstić information content (AvgIpc) is 3.26. The van der Waals surface area contributed by atoms with E-state index in [1.807, 2.05) is 0 Å². The fraction of sp³-hybridized carbons (Fsp3) is 0.975. The first kappa shape index (κ1) is 59.7. The zero-order valence-corrected chi connectivity index (χ0v) is 35.5. The molecule has 65 heavy (non-hydrogen) atoms. The normalized spacial score (nSPS) is 47.8. The molecule has 386 valence electrons. The van der Waals surface area contributed by atoms with Gasteiger partial charge in [-0.2, -0.15) is 0 Å². The molecule has 25 heteroatoms. The van der Waals surface area contributed by atoms with Crippen LogP contribution < -0.4 is 0 Å². The molecule has 0 aromatic carbocycles. The quantitative estimate of drug-likeness (QED) is 0.0770. The Morgan fingerprint density at radius 1 is 0.585 bits per heavy atom. The van der Waals surface area contributed by atoms with E-state index in [9.17, 15) is 86.5 Å². The van der Waals surface area contributed by atoms with Crippen molar-refractivity contribution in [3.63, 3.8) is 0 Å². The standard InChI is InChI=1S/C24H42O16.C14H26O9.2CH4/c1-8-10(3)37-14(17(31)20(8)39-22-19(33)18(32)16(30)13(6-26)38-22)7-36-24(23(34)35)4-11(27)9(2)21(40-24)15(29)12(28)5-25;1-5-6(2)21-8(4-16)10(18)13(5)23-14-12(20)11(19)9(17)7(3-15)22-14;;/h8-22,25-33H,4-7H2,1-3H3,(H,34,35);5-20H,3-4H2,1-2H3;2*1H4/t8?,9?,10?,11?,12-,13?,14?,15-,16?,17?,18?,19?,20?,21?,22?,24?;;;/m1.../s1. The summed E-state index contributed by atoms with van der Waals surface area (Å²) in [6, 6.07) is 0. The van der Waals surface area contributed by atoms with E-state index in [4.69, 9.17) is 37.9 Å². The number of hydrogen-bond acceptors (Lipinski definition) is 24. The van der Waals surface area contributed by atoms with Crippen LogP contribution in [0.15, 0.2) is 0 Å². The number of carbonyl (C=O) groups is 1. The topological polar surface area (TPSA) is 415 Å². The molecule has 0 aliphatic carbocycles. The van der Waals surface area contributed by atoms with Crippen molar-refractivity contribution in [1.82, 2.24) is 0 Å². The van der Waals surface area contributed by atoms with Gasteiger partial charge in [0.15, 0.2) is 12.6 Å². The Labute approximate surface area is 377 Å². The summed E-state index contributed by atoms with van der Waals surface area (Å²) < 4.78 is 44.6. The molecule has 0 aromatic heterocycles. The summed E-state index contributed by atoms with van der Waals surface area (Å²) in [6.45, 7) is 5.22. The predicted octanol–water partition coefficient (Wildman–Crippen LogP) is -6.53. The first-order chi connectivity index (χ1) is 29.5. The lowest BCUT2D eigenvalue weighted by Gasteiger charge is -2.48. The summed E-state index contributed by atoms with van der Waals surface area (Å²) in [7, 11) is 0. The van der Waals surface area contributed by atoms with Crippen LogP contribution >= 0.6 is 0 Å². The van der Waals surface area contributed by atoms with Crippen LogP contribution in [0.25, 0.3) is 0 Å². The van der Waals surface area contributed by atoms with Crippen LogP contribution in [0.5, 0.6) is 0 Å². The maximum atomic E-state index is 12.3. The van der Waals surface area contributed by atoms with Crippen molar-refractivity contribution < 1.29 is 124 Å². The number of carboxylic acid groups (broad SMARTS) is 1. The Morgan fingerprint density at radius 2 is 0.985 bits per heavy atom. The second kappa shape index (κ2) is 25.4. The largest absolute Gasteiger partial charge is 0.477 e. The lowest BCUT2D eigenvalue weighted by Crippen LogP contribution is -2.64. The fourth-order valence-corrected chi connectivity index (χ4v) is 8.18. The maximum Gasteiger partial charge on any atom is 0.364 e. The summed E-state index contributed by atoms with van der Waals surface area (Å²) in [5.74, 6) is -5.83. The fourth-order valence-electron chi connectivity index (χ4n) is 8.18. The Balaban J connectivity index is 0.000000495. The molecule has 0 radical (unpaired) electrons. The third kappa shape index (κ3) is 13.1. The van der Waals surface area contributed by atoms with Gasteiger partial charge in [-0.3, -0.25) is 0 Å². The third-order valence-electron chi connectivity index (χ3n) is 12.8. The van der Waals surface area contributed by atoms with Crippen LogP contribution in [0, 0.1) is 17.8 Å². The molecule has 25 nitrogen and oxygen atoms in total. The zero-order valence-electron chi connectivity index (χ0n) is 35.5. The molecular weight excluding hydrogens is 880 g/mol. The molecule has 5 heterocycles. The van der Waals surface area contributed by atoms with Gasteiger partial charge in [0.2, 0.25) is 0 Å². The van der Waals surface area contributed by atoms with Gasteiger partial charge in [0.25, 0.3) is 5.79 Å². The van der Waals surface area contributed by atoms with Crippen molar-refractivity contribution in [2.45, 2.75) is 196 Å². The number of hydrogen-bond donors (Lipinski definition) is 16. The van der Waals surface area contributed by atoms with Gasteiger partial charge < -0.3 is 120 Å². The molecule has 5 aliphatic heterocycles. The van der Waals surface area contributed by atoms with Crippen molar-refractivity contribution in [2.24, 2.45) is 17.8 Å². The highest BCUT2D eigenvalue weighted by Gasteiger charge is 2.56. The highest BCUT2D eigenvalue weighted by Crippen LogP contribution is 2.39. The van der Waals surface area contributed by atoms with Crippen LogP contribution in [0.1, 0.15) is 55.9 Å². The molecule has 0 amide bonds. The highest BCUT2D eigenvalue weighted by molar-refractivity contribution is 5.76. The van der Waals surface area contributed by atoms with Gasteiger partial charge in [-0.15, -0.1) is 0 Å². The molecule has 26 atom stereocenters. The van der Waals surface area contributed by atoms with Crippen LogP contribution in [-0.4, -0.2) is 261 Å². The Hall–Kier alpha value is -1.45. The van der Waals surface area contributed by atoms with Gasteiger partial charge in [-0.1, -0.05) is 35.6 Å². The van der Waals surface area contributed by atoms with Gasteiger partial charge in [0.1, 0.15) is 85.5 Å². The van der Waals surface area contributed by atoms with Crippen molar-refractivity contribution in [1.29, 1.82) is 0 Å². The number of aliphatic hydroxyl groups excluding tert-OH is 15. The summed E-state index contributed by atoms with van der Waals surface area (Å²) in [4.78, 5) is 12.3. The monoisotopic (exact) mass is 956 g/mol. The molecule has 0 saturated carbocycles. The SMILES string of the molecule is C.C.CC1OC(CO)C(O)C(OC2OC(CO)C(O)C(O)C2O)C1C.CC1OC(COC2(C(=O)O)CC(O)C(C)C([C@H](O)[C@H](O)CO)O2)C(O)C(OC2OC(CO)C(O)C(O)C2O)C1C. The number of rotatable bonds is 14. The van der Waals surface area contributed by atoms with E-state index in [2.05, 4.69) is 0 Å². The van der Waals surface area contributed by atoms with Gasteiger partial charge in [-0.25, -0.2) is 4.79 Å². The van der Waals surface area contributed by atoms with Gasteiger partial charge >= 0.3 is 5.97 Å². The molecule has 5 saturated heterocycles. The second-order valence-corrected chi connectivity index (χ2v) is 17.1. The molecule has 0 spiro atoms. The second-order valence-electron chi connectivity index (χ2n) is 17.1. The molecule has 0 aromatic rings. The van der Waals surface area contributed by atoms with E-state index in [0.29, 0.717) is 0 Å². The Kier molecular flexibility index (Phi) is 23.3. The molecule has 5 fully saturated rings. The minimum absolute atomic E-state index is 0. The number of aliphatic carboxylic acids is 1. The molecule has 24 unspecified atom stereocenters. The number of aliphatic hydroxyl groups is 15. The first-order valence-corrected chi connectivity index (χ1v) is 20.9. The summed E-state index contributed by atoms with van der Waals surface area (Å²) in [5, 5.41) is 159. The van der Waals surface area contributed by atoms with E-state index in [1.54, 1.807) is 27.7 Å². The molecule has 5 rings (SSSR count). The average molecular weight is 957 g/mol. The molecule has 16 N–H and O–H groups in total. The van der Waals surface area contributed by atoms with Crippen LogP contribution in [0.2, 0.25) is 0 Å². The third-order valence-corrected chi connectivity index (χ3v) is 12.8. The smallest absolute Gasteiger partial charge is 0.364 e. The minimum atomic E-state index is -2.52. The van der Waals surface area contributed by atoms with E-state index < -0.39 is 192 Å². The summed E-state index contributed by atoms with van der Waals surface area (Å²) in [5.41, 5.74) is 0. The van der Waals surface area contributed by atoms with Crippen molar-refractivity contribution >= 4 is 5.97 Å². The van der Waals surface area contributed by atoms with Crippen LogP contribution in [0.4, 0.5) is 0 Å². The first-order valence-electron chi connectivity index (χ1n) is 20.9. The molecular formula is C40H76O25. The van der Waals surface area contributed by atoms with E-state index in [-0.39, 0.29) is 26.9 Å². The van der Waals surface area contributed by atoms with E-state index in [0.717, 1.165) is 0 Å². The Bertz CT molecular complexity index is 1400. The molecule has 0 bridgehead atoms. The zero-order chi connectivity index (χ0) is 47.4. The lowest BCUT2D eigenvalue weighted by atomic mass is 9.84. The van der Waals surface area contributed by atoms with Gasteiger partial charge in [-0.05, 0) is 13.8 Å². The lowest BCUT2D eigenvalue weighted by molar-refractivity contribution is -0.345. The van der Waals surface area contributed by atoms with E-state index >= 15 is 0 Å².